The fraction of sp³-hybridized carbons (Fsp3) is 0.529. The molecule has 1 heterocycles. The van der Waals surface area contributed by atoms with Crippen molar-refractivity contribution in [1.82, 2.24) is 4.31 Å². The number of carbonyl (C=O) groups is 2. The van der Waals surface area contributed by atoms with E-state index >= 15 is 0 Å². The zero-order valence-electron chi connectivity index (χ0n) is 14.4. The number of esters is 1. The third-order valence-electron chi connectivity index (χ3n) is 3.98. The van der Waals surface area contributed by atoms with E-state index in [1.165, 1.54) is 4.31 Å². The highest BCUT2D eigenvalue weighted by atomic mass is 32.2. The zero-order chi connectivity index (χ0) is 18.3. The van der Waals surface area contributed by atoms with Crippen LogP contribution in [-0.2, 0) is 19.6 Å². The normalized spacial score (nSPS) is 15.6. The number of sulfonamides is 1. The second-order valence-corrected chi connectivity index (χ2v) is 7.96. The van der Waals surface area contributed by atoms with E-state index in [0.29, 0.717) is 30.9 Å². The van der Waals surface area contributed by atoms with E-state index in [0.717, 1.165) is 19.3 Å². The van der Waals surface area contributed by atoms with Gasteiger partial charge in [0.15, 0.2) is 0 Å². The molecule has 1 N–H and O–H groups in total. The monoisotopic (exact) mass is 368 g/mol. The Labute approximate surface area is 148 Å². The van der Waals surface area contributed by atoms with Gasteiger partial charge in [0.1, 0.15) is 0 Å². The Morgan fingerprint density at radius 2 is 1.76 bits per heavy atom. The van der Waals surface area contributed by atoms with Crippen LogP contribution in [0.2, 0.25) is 0 Å². The van der Waals surface area contributed by atoms with E-state index in [1.807, 2.05) is 0 Å². The van der Waals surface area contributed by atoms with Crippen LogP contribution < -0.4 is 5.32 Å². The summed E-state index contributed by atoms with van der Waals surface area (Å²) in [6.07, 6.45) is 2.70. The Hall–Kier alpha value is -1.93. The molecule has 138 valence electrons. The number of ether oxygens (including phenoxy) is 1. The lowest BCUT2D eigenvalue weighted by molar-refractivity contribution is -0.115. The van der Waals surface area contributed by atoms with Gasteiger partial charge in [-0.05, 0) is 44.0 Å². The zero-order valence-corrected chi connectivity index (χ0v) is 15.2. The Kier molecular flexibility index (Phi) is 6.95. The van der Waals surface area contributed by atoms with Crippen LogP contribution in [0.5, 0.6) is 0 Å². The highest BCUT2D eigenvalue weighted by Crippen LogP contribution is 2.15. The first-order valence-corrected chi connectivity index (χ1v) is 10.1. The van der Waals surface area contributed by atoms with Crippen LogP contribution in [0.15, 0.2) is 24.3 Å². The van der Waals surface area contributed by atoms with E-state index in [1.54, 1.807) is 31.2 Å². The molecule has 8 heteroatoms. The largest absolute Gasteiger partial charge is 0.462 e. The van der Waals surface area contributed by atoms with E-state index in [9.17, 15) is 18.0 Å². The first-order valence-electron chi connectivity index (χ1n) is 8.47. The second kappa shape index (κ2) is 8.96. The van der Waals surface area contributed by atoms with Gasteiger partial charge in [-0.15, -0.1) is 0 Å². The molecule has 2 rings (SSSR count). The van der Waals surface area contributed by atoms with Crippen LogP contribution >= 0.6 is 0 Å². The lowest BCUT2D eigenvalue weighted by atomic mass is 10.2. The van der Waals surface area contributed by atoms with Gasteiger partial charge in [-0.1, -0.05) is 6.42 Å². The molecular weight excluding hydrogens is 344 g/mol. The third-order valence-corrected chi connectivity index (χ3v) is 5.85. The van der Waals surface area contributed by atoms with Gasteiger partial charge in [-0.2, -0.15) is 0 Å². The quantitative estimate of drug-likeness (QED) is 0.743. The minimum Gasteiger partial charge on any atom is -0.462 e. The number of hydrogen-bond acceptors (Lipinski definition) is 5. The van der Waals surface area contributed by atoms with Gasteiger partial charge < -0.3 is 10.1 Å². The van der Waals surface area contributed by atoms with Gasteiger partial charge in [0.2, 0.25) is 15.9 Å². The number of benzene rings is 1. The summed E-state index contributed by atoms with van der Waals surface area (Å²) in [6.45, 7) is 3.10. The number of hydrogen-bond donors (Lipinski definition) is 1. The molecule has 7 nitrogen and oxygen atoms in total. The molecule has 1 saturated heterocycles. The number of piperidine rings is 1. The van der Waals surface area contributed by atoms with Gasteiger partial charge in [0.05, 0.1) is 17.9 Å². The van der Waals surface area contributed by atoms with Crippen LogP contribution in [-0.4, -0.2) is 50.0 Å². The second-order valence-electron chi connectivity index (χ2n) is 5.87. The average molecular weight is 368 g/mol. The lowest BCUT2D eigenvalue weighted by Crippen LogP contribution is -2.37. The summed E-state index contributed by atoms with van der Waals surface area (Å²) in [5, 5.41) is 2.64. The molecule has 0 unspecified atom stereocenters. The predicted molar refractivity (Wildman–Crippen MR) is 94.9 cm³/mol. The van der Waals surface area contributed by atoms with Crippen LogP contribution in [0, 0.1) is 0 Å². The molecule has 1 aromatic carbocycles. The first-order chi connectivity index (χ1) is 11.9. The summed E-state index contributed by atoms with van der Waals surface area (Å²) in [4.78, 5) is 23.5. The smallest absolute Gasteiger partial charge is 0.338 e. The maximum absolute atomic E-state index is 12.2. The molecule has 25 heavy (non-hydrogen) atoms. The van der Waals surface area contributed by atoms with Crippen molar-refractivity contribution in [1.29, 1.82) is 0 Å². The summed E-state index contributed by atoms with van der Waals surface area (Å²) < 4.78 is 30.8. The van der Waals surface area contributed by atoms with Gasteiger partial charge in [0, 0.05) is 25.2 Å². The topological polar surface area (TPSA) is 92.8 Å². The van der Waals surface area contributed by atoms with Gasteiger partial charge in [0.25, 0.3) is 0 Å². The Bertz CT molecular complexity index is 694. The average Bonchev–Trinajstić information content (AvgIpc) is 2.62. The highest BCUT2D eigenvalue weighted by molar-refractivity contribution is 7.89. The summed E-state index contributed by atoms with van der Waals surface area (Å²) in [5.41, 5.74) is 0.904. The Morgan fingerprint density at radius 1 is 1.12 bits per heavy atom. The molecule has 0 aromatic heterocycles. The van der Waals surface area contributed by atoms with Crippen LogP contribution in [0.1, 0.15) is 43.0 Å². The molecular formula is C17H24N2O5S. The van der Waals surface area contributed by atoms with Crippen LogP contribution in [0.3, 0.4) is 0 Å². The number of rotatable bonds is 7. The van der Waals surface area contributed by atoms with Crippen molar-refractivity contribution >= 4 is 27.6 Å². The SMILES string of the molecule is CCOC(=O)c1ccc(NC(=O)CCS(=O)(=O)N2CCCCC2)cc1. The molecule has 1 aromatic rings. The fourth-order valence-electron chi connectivity index (χ4n) is 2.62. The maximum Gasteiger partial charge on any atom is 0.338 e. The molecule has 1 amide bonds. The Morgan fingerprint density at radius 3 is 2.36 bits per heavy atom. The molecule has 0 atom stereocenters. The molecule has 0 spiro atoms. The van der Waals surface area contributed by atoms with E-state index in [4.69, 9.17) is 4.74 Å². The van der Waals surface area contributed by atoms with Crippen molar-refractivity contribution < 1.29 is 22.7 Å². The minimum absolute atomic E-state index is 0.0987. The summed E-state index contributed by atoms with van der Waals surface area (Å²) in [7, 11) is -3.38. The molecule has 0 aliphatic carbocycles. The van der Waals surface area contributed by atoms with Crippen molar-refractivity contribution in [2.75, 3.05) is 30.8 Å². The van der Waals surface area contributed by atoms with Crippen LogP contribution in [0.25, 0.3) is 0 Å². The molecule has 1 fully saturated rings. The summed E-state index contributed by atoms with van der Waals surface area (Å²) in [5.74, 6) is -0.989. The predicted octanol–water partition coefficient (Wildman–Crippen LogP) is 2.01. The molecule has 0 saturated carbocycles. The van der Waals surface area contributed by atoms with Crippen molar-refractivity contribution in [2.45, 2.75) is 32.6 Å². The number of nitrogens with one attached hydrogen (secondary N) is 1. The van der Waals surface area contributed by atoms with Gasteiger partial charge >= 0.3 is 5.97 Å². The molecule has 0 bridgehead atoms. The van der Waals surface area contributed by atoms with Crippen molar-refractivity contribution in [3.05, 3.63) is 29.8 Å². The molecule has 0 radical (unpaired) electrons. The summed E-state index contributed by atoms with van der Waals surface area (Å²) >= 11 is 0. The Balaban J connectivity index is 1.84. The lowest BCUT2D eigenvalue weighted by Gasteiger charge is -2.25. The first kappa shape index (κ1) is 19.4. The maximum atomic E-state index is 12.2. The van der Waals surface area contributed by atoms with Crippen molar-refractivity contribution in [3.8, 4) is 0 Å². The number of amides is 1. The standard InChI is InChI=1S/C17H24N2O5S/c1-2-24-17(21)14-6-8-15(9-7-14)18-16(20)10-13-25(22,23)19-11-4-3-5-12-19/h6-9H,2-5,10-13H2,1H3,(H,18,20). The van der Waals surface area contributed by atoms with E-state index in [2.05, 4.69) is 5.32 Å². The minimum atomic E-state index is -3.38. The number of nitrogens with zero attached hydrogens (tertiary/aromatic N) is 1. The van der Waals surface area contributed by atoms with E-state index in [-0.39, 0.29) is 18.1 Å². The highest BCUT2D eigenvalue weighted by Gasteiger charge is 2.24. The van der Waals surface area contributed by atoms with Gasteiger partial charge in [-0.25, -0.2) is 17.5 Å². The van der Waals surface area contributed by atoms with Gasteiger partial charge in [-0.3, -0.25) is 4.79 Å². The van der Waals surface area contributed by atoms with E-state index < -0.39 is 16.0 Å². The van der Waals surface area contributed by atoms with Crippen LogP contribution in [0.4, 0.5) is 5.69 Å². The number of anilines is 1. The molecule has 1 aliphatic rings. The summed E-state index contributed by atoms with van der Waals surface area (Å²) in [6, 6.07) is 6.28. The van der Waals surface area contributed by atoms with Crippen molar-refractivity contribution in [2.24, 2.45) is 0 Å². The molecule has 1 aliphatic heterocycles. The number of carbonyl (C=O) groups excluding carboxylic acids is 2. The van der Waals surface area contributed by atoms with Crippen molar-refractivity contribution in [3.63, 3.8) is 0 Å². The third kappa shape index (κ3) is 5.82. The fourth-order valence-corrected chi connectivity index (χ4v) is 4.14.